The van der Waals surface area contributed by atoms with E-state index in [4.69, 9.17) is 10.5 Å². The molecule has 0 amide bonds. The molecule has 0 fully saturated rings. The van der Waals surface area contributed by atoms with Gasteiger partial charge in [0, 0.05) is 0 Å². The Morgan fingerprint density at radius 2 is 2.58 bits per heavy atom. The lowest BCUT2D eigenvalue weighted by Crippen LogP contribution is -2.09. The third-order valence-corrected chi connectivity index (χ3v) is 1.58. The molecule has 0 bridgehead atoms. The summed E-state index contributed by atoms with van der Waals surface area (Å²) in [5.74, 6) is 0.442. The fourth-order valence-electron chi connectivity index (χ4n) is 0.731. The molecule has 5 nitrogen and oxygen atoms in total. The van der Waals surface area contributed by atoms with E-state index in [1.54, 1.807) is 10.9 Å². The van der Waals surface area contributed by atoms with E-state index in [0.717, 1.165) is 0 Å². The maximum atomic E-state index is 5.37. The first-order valence-electron chi connectivity index (χ1n) is 3.60. The van der Waals surface area contributed by atoms with Gasteiger partial charge in [-0.2, -0.15) is 0 Å². The molecule has 0 saturated carbocycles. The SMILES string of the molecule is CC(I)OCCn1cc(N)nn1. The maximum Gasteiger partial charge on any atom is 0.165 e. The number of nitrogens with two attached hydrogens (primary N) is 1. The Bertz CT molecular complexity index is 237. The van der Waals surface area contributed by atoms with Crippen molar-refractivity contribution in [3.8, 4) is 0 Å². The van der Waals surface area contributed by atoms with Gasteiger partial charge in [-0.25, -0.2) is 4.68 Å². The van der Waals surface area contributed by atoms with E-state index < -0.39 is 0 Å². The summed E-state index contributed by atoms with van der Waals surface area (Å²) in [6, 6.07) is 0. The van der Waals surface area contributed by atoms with Gasteiger partial charge in [0.25, 0.3) is 0 Å². The Morgan fingerprint density at radius 1 is 1.83 bits per heavy atom. The van der Waals surface area contributed by atoms with Crippen LogP contribution in [0, 0.1) is 0 Å². The van der Waals surface area contributed by atoms with Crippen molar-refractivity contribution in [2.45, 2.75) is 17.6 Å². The van der Waals surface area contributed by atoms with E-state index in [1.807, 2.05) is 6.92 Å². The van der Waals surface area contributed by atoms with Gasteiger partial charge in [0.2, 0.25) is 0 Å². The molecule has 6 heteroatoms. The highest BCUT2D eigenvalue weighted by Crippen LogP contribution is 2.00. The highest BCUT2D eigenvalue weighted by atomic mass is 127. The predicted molar refractivity (Wildman–Crippen MR) is 53.9 cm³/mol. The number of aromatic nitrogens is 3. The summed E-state index contributed by atoms with van der Waals surface area (Å²) in [5, 5.41) is 7.42. The zero-order chi connectivity index (χ0) is 8.97. The van der Waals surface area contributed by atoms with Gasteiger partial charge in [-0.1, -0.05) is 27.8 Å². The second-order valence-electron chi connectivity index (χ2n) is 2.32. The van der Waals surface area contributed by atoms with Gasteiger partial charge >= 0.3 is 0 Å². The molecule has 0 saturated heterocycles. The van der Waals surface area contributed by atoms with Gasteiger partial charge < -0.3 is 10.5 Å². The van der Waals surface area contributed by atoms with Crippen LogP contribution in [0.25, 0.3) is 0 Å². The Kier molecular flexibility index (Phi) is 3.73. The maximum absolute atomic E-state index is 5.37. The third kappa shape index (κ3) is 3.35. The highest BCUT2D eigenvalue weighted by Gasteiger charge is 1.97. The molecule has 1 heterocycles. The summed E-state index contributed by atoms with van der Waals surface area (Å²) in [7, 11) is 0. The van der Waals surface area contributed by atoms with Crippen molar-refractivity contribution in [2.24, 2.45) is 0 Å². The first kappa shape index (κ1) is 9.72. The third-order valence-electron chi connectivity index (χ3n) is 1.22. The van der Waals surface area contributed by atoms with Crippen LogP contribution in [-0.4, -0.2) is 25.7 Å². The van der Waals surface area contributed by atoms with Gasteiger partial charge in [-0.3, -0.25) is 0 Å². The summed E-state index contributed by atoms with van der Waals surface area (Å²) >= 11 is 2.20. The van der Waals surface area contributed by atoms with E-state index in [-0.39, 0.29) is 4.11 Å². The van der Waals surface area contributed by atoms with Crippen molar-refractivity contribution in [3.63, 3.8) is 0 Å². The Hall–Kier alpha value is -0.370. The molecule has 0 spiro atoms. The first-order valence-corrected chi connectivity index (χ1v) is 4.84. The lowest BCUT2D eigenvalue weighted by atomic mass is 10.6. The minimum absolute atomic E-state index is 0.225. The molecule has 1 aromatic heterocycles. The van der Waals surface area contributed by atoms with Crippen LogP contribution in [0.15, 0.2) is 6.20 Å². The summed E-state index contributed by atoms with van der Waals surface area (Å²) in [4.78, 5) is 0. The molecule has 0 aliphatic rings. The molecule has 12 heavy (non-hydrogen) atoms. The normalized spacial score (nSPS) is 13.2. The lowest BCUT2D eigenvalue weighted by Gasteiger charge is -2.04. The van der Waals surface area contributed by atoms with Gasteiger partial charge in [0.05, 0.1) is 19.3 Å². The molecule has 0 aromatic carbocycles. The average Bonchev–Trinajstić information content (AvgIpc) is 2.35. The Labute approximate surface area is 84.4 Å². The van der Waals surface area contributed by atoms with Crippen molar-refractivity contribution < 1.29 is 4.74 Å². The Balaban J connectivity index is 2.24. The van der Waals surface area contributed by atoms with Crippen LogP contribution in [0.2, 0.25) is 0 Å². The van der Waals surface area contributed by atoms with E-state index in [1.165, 1.54) is 0 Å². The Morgan fingerprint density at radius 3 is 3.08 bits per heavy atom. The number of hydrogen-bond acceptors (Lipinski definition) is 4. The standard InChI is InChI=1S/C6H11IN4O/c1-5(7)12-3-2-11-4-6(8)9-10-11/h4-5H,2-3,8H2,1H3. The largest absolute Gasteiger partial charge is 0.381 e. The van der Waals surface area contributed by atoms with Crippen LogP contribution in [0.4, 0.5) is 5.82 Å². The molecule has 2 N–H and O–H groups in total. The number of ether oxygens (including phenoxy) is 1. The zero-order valence-electron chi connectivity index (χ0n) is 6.77. The molecule has 1 atom stereocenters. The molecule has 68 valence electrons. The fourth-order valence-corrected chi connectivity index (χ4v) is 0.986. The van der Waals surface area contributed by atoms with Crippen molar-refractivity contribution in [2.75, 3.05) is 12.3 Å². The number of hydrogen-bond donors (Lipinski definition) is 1. The molecular weight excluding hydrogens is 271 g/mol. The number of anilines is 1. The van der Waals surface area contributed by atoms with Crippen LogP contribution >= 0.6 is 22.6 Å². The molecule has 0 radical (unpaired) electrons. The van der Waals surface area contributed by atoms with Crippen LogP contribution in [-0.2, 0) is 11.3 Å². The number of nitrogens with zero attached hydrogens (tertiary/aromatic N) is 3. The topological polar surface area (TPSA) is 66.0 Å². The minimum atomic E-state index is 0.225. The van der Waals surface area contributed by atoms with Crippen LogP contribution in [0.3, 0.4) is 0 Å². The quantitative estimate of drug-likeness (QED) is 0.650. The van der Waals surface area contributed by atoms with Crippen LogP contribution in [0.1, 0.15) is 6.92 Å². The smallest absolute Gasteiger partial charge is 0.165 e. The lowest BCUT2D eigenvalue weighted by molar-refractivity contribution is 0.123. The monoisotopic (exact) mass is 282 g/mol. The minimum Gasteiger partial charge on any atom is -0.381 e. The molecule has 1 aromatic rings. The number of alkyl halides is 1. The van der Waals surface area contributed by atoms with Crippen LogP contribution in [0.5, 0.6) is 0 Å². The highest BCUT2D eigenvalue weighted by molar-refractivity contribution is 14.1. The molecular formula is C6H11IN4O. The van der Waals surface area contributed by atoms with Gasteiger partial charge in [0.1, 0.15) is 4.11 Å². The molecule has 0 aliphatic carbocycles. The summed E-state index contributed by atoms with van der Waals surface area (Å²) in [6.45, 7) is 3.31. The van der Waals surface area contributed by atoms with E-state index in [9.17, 15) is 0 Å². The van der Waals surface area contributed by atoms with Crippen molar-refractivity contribution in [3.05, 3.63) is 6.20 Å². The number of halogens is 1. The van der Waals surface area contributed by atoms with E-state index >= 15 is 0 Å². The fraction of sp³-hybridized carbons (Fsp3) is 0.667. The van der Waals surface area contributed by atoms with Crippen molar-refractivity contribution in [1.29, 1.82) is 0 Å². The van der Waals surface area contributed by atoms with Gasteiger partial charge in [-0.15, -0.1) is 5.10 Å². The van der Waals surface area contributed by atoms with E-state index in [0.29, 0.717) is 19.0 Å². The summed E-state index contributed by atoms with van der Waals surface area (Å²) in [5.41, 5.74) is 5.37. The zero-order valence-corrected chi connectivity index (χ0v) is 8.93. The molecule has 0 aliphatic heterocycles. The van der Waals surface area contributed by atoms with Crippen molar-refractivity contribution in [1.82, 2.24) is 15.0 Å². The van der Waals surface area contributed by atoms with Gasteiger partial charge in [-0.05, 0) is 6.92 Å². The molecule has 1 unspecified atom stereocenters. The molecule has 1 rings (SSSR count). The second kappa shape index (κ2) is 4.61. The average molecular weight is 282 g/mol. The number of rotatable bonds is 4. The summed E-state index contributed by atoms with van der Waals surface area (Å²) < 4.78 is 7.20. The van der Waals surface area contributed by atoms with Crippen LogP contribution < -0.4 is 5.73 Å². The van der Waals surface area contributed by atoms with E-state index in [2.05, 4.69) is 32.9 Å². The van der Waals surface area contributed by atoms with Crippen molar-refractivity contribution >= 4 is 28.4 Å². The summed E-state index contributed by atoms with van der Waals surface area (Å²) in [6.07, 6.45) is 1.68. The second-order valence-corrected chi connectivity index (χ2v) is 4.07. The first-order chi connectivity index (χ1) is 5.68. The predicted octanol–water partition coefficient (Wildman–Crippen LogP) is 0.658. The number of nitrogen functional groups attached to an aromatic ring is 1. The van der Waals surface area contributed by atoms with Gasteiger partial charge in [0.15, 0.2) is 5.82 Å².